The number of nitrogens with zero attached hydrogens (tertiary/aromatic N) is 1. The van der Waals surface area contributed by atoms with Gasteiger partial charge in [0.1, 0.15) is 12.1 Å². The maximum Gasteiger partial charge on any atom is 0.405 e. The highest BCUT2D eigenvalue weighted by Gasteiger charge is 2.36. The fourth-order valence-corrected chi connectivity index (χ4v) is 4.60. The first-order valence-corrected chi connectivity index (χ1v) is 13.7. The minimum atomic E-state index is -1.36. The second-order valence-electron chi connectivity index (χ2n) is 11.4. The Labute approximate surface area is 229 Å². The van der Waals surface area contributed by atoms with Crippen molar-refractivity contribution in [2.24, 2.45) is 17.8 Å². The summed E-state index contributed by atoms with van der Waals surface area (Å²) in [7, 11) is 1.80. The normalized spacial score (nSPS) is 19.3. The summed E-state index contributed by atoms with van der Waals surface area (Å²) in [4.78, 5) is 77.4. The van der Waals surface area contributed by atoms with Crippen LogP contribution in [-0.2, 0) is 24.0 Å². The molecule has 2 rings (SSSR count). The molecule has 3 unspecified atom stereocenters. The Balaban J connectivity index is 2.18. The van der Waals surface area contributed by atoms with Crippen molar-refractivity contribution in [3.63, 3.8) is 0 Å². The molecule has 1 heterocycles. The number of Topliss-reactive ketones (excluding diaryl/α,β-unsaturated/α-hetero) is 1. The van der Waals surface area contributed by atoms with Crippen LogP contribution in [0.4, 0.5) is 4.79 Å². The molecule has 5 amide bonds. The van der Waals surface area contributed by atoms with E-state index in [0.717, 1.165) is 19.4 Å². The van der Waals surface area contributed by atoms with E-state index >= 15 is 0 Å². The van der Waals surface area contributed by atoms with Gasteiger partial charge in [-0.15, -0.1) is 0 Å². The molecule has 13 nitrogen and oxygen atoms in total. The number of amides is 5. The van der Waals surface area contributed by atoms with E-state index in [2.05, 4.69) is 26.6 Å². The lowest BCUT2D eigenvalue weighted by Gasteiger charge is -2.28. The van der Waals surface area contributed by atoms with Crippen LogP contribution < -0.4 is 26.6 Å². The van der Waals surface area contributed by atoms with Gasteiger partial charge in [0.15, 0.2) is 0 Å². The van der Waals surface area contributed by atoms with Gasteiger partial charge in [-0.3, -0.25) is 24.0 Å². The quantitative estimate of drug-likeness (QED) is 0.140. The third kappa shape index (κ3) is 11.2. The molecule has 0 radical (unpaired) electrons. The van der Waals surface area contributed by atoms with Gasteiger partial charge in [-0.25, -0.2) is 4.79 Å². The number of likely N-dealkylation sites (N-methyl/N-ethyl adjacent to an activating group) is 1. The molecule has 1 aliphatic heterocycles. The van der Waals surface area contributed by atoms with Gasteiger partial charge in [-0.2, -0.15) is 0 Å². The summed E-state index contributed by atoms with van der Waals surface area (Å²) in [5.74, 6) is -3.41. The summed E-state index contributed by atoms with van der Waals surface area (Å²) >= 11 is 0. The van der Waals surface area contributed by atoms with Crippen LogP contribution in [0.2, 0.25) is 0 Å². The minimum Gasteiger partial charge on any atom is -0.465 e. The smallest absolute Gasteiger partial charge is 0.405 e. The summed E-state index contributed by atoms with van der Waals surface area (Å²) in [6.07, 6.45) is 1.45. The second-order valence-corrected chi connectivity index (χ2v) is 11.4. The van der Waals surface area contributed by atoms with Gasteiger partial charge >= 0.3 is 6.09 Å². The van der Waals surface area contributed by atoms with Crippen LogP contribution in [0.1, 0.15) is 59.8 Å². The Hall–Kier alpha value is -3.22. The van der Waals surface area contributed by atoms with Crippen molar-refractivity contribution in [3.05, 3.63) is 0 Å². The Morgan fingerprint density at radius 1 is 0.923 bits per heavy atom. The van der Waals surface area contributed by atoms with E-state index in [1.807, 2.05) is 18.7 Å². The Morgan fingerprint density at radius 2 is 1.54 bits per heavy atom. The average molecular weight is 553 g/mol. The van der Waals surface area contributed by atoms with Crippen LogP contribution in [0.5, 0.6) is 0 Å². The lowest BCUT2D eigenvalue weighted by atomic mass is 9.94. The maximum atomic E-state index is 13.4. The molecule has 2 aliphatic rings. The van der Waals surface area contributed by atoms with E-state index in [-0.39, 0.29) is 37.3 Å². The minimum absolute atomic E-state index is 0.0384. The predicted octanol–water partition coefficient (Wildman–Crippen LogP) is -0.400. The van der Waals surface area contributed by atoms with Crippen molar-refractivity contribution >= 4 is 35.5 Å². The molecule has 39 heavy (non-hydrogen) atoms. The SMILES string of the molecule is CC(C)CC(NC(=O)C(CN(C)CC1CC1)NC(=O)O)C(=O)NC(C[C@@H]1CCNC1=O)C(=O)C(=O)NC(C)C. The lowest BCUT2D eigenvalue weighted by molar-refractivity contribution is -0.141. The third-order valence-corrected chi connectivity index (χ3v) is 6.67. The molecule has 0 bridgehead atoms. The van der Waals surface area contributed by atoms with Gasteiger partial charge in [0.2, 0.25) is 23.5 Å². The summed E-state index contributed by atoms with van der Waals surface area (Å²) in [5, 5.41) is 21.9. The van der Waals surface area contributed by atoms with Crippen LogP contribution in [0.3, 0.4) is 0 Å². The van der Waals surface area contributed by atoms with E-state index in [1.165, 1.54) is 0 Å². The van der Waals surface area contributed by atoms with Gasteiger partial charge in [-0.05, 0) is 64.8 Å². The lowest BCUT2D eigenvalue weighted by Crippen LogP contribution is -2.59. The molecule has 0 aromatic heterocycles. The predicted molar refractivity (Wildman–Crippen MR) is 143 cm³/mol. The highest BCUT2D eigenvalue weighted by molar-refractivity contribution is 6.38. The molecular weight excluding hydrogens is 508 g/mol. The first-order valence-electron chi connectivity index (χ1n) is 13.7. The van der Waals surface area contributed by atoms with E-state index < -0.39 is 53.6 Å². The fraction of sp³-hybridized carbons (Fsp3) is 0.769. The number of nitrogens with one attached hydrogen (secondary N) is 5. The summed E-state index contributed by atoms with van der Waals surface area (Å²) in [5.41, 5.74) is 0. The second kappa shape index (κ2) is 14.8. The van der Waals surface area contributed by atoms with Crippen LogP contribution in [-0.4, -0.2) is 96.4 Å². The van der Waals surface area contributed by atoms with Gasteiger partial charge in [0.25, 0.3) is 5.91 Å². The highest BCUT2D eigenvalue weighted by atomic mass is 16.4. The average Bonchev–Trinajstić information content (AvgIpc) is 3.54. The zero-order chi connectivity index (χ0) is 29.3. The van der Waals surface area contributed by atoms with Crippen molar-refractivity contribution in [3.8, 4) is 0 Å². The standard InChI is InChI=1S/C26H44N6O7/c1-14(2)10-19(30-24(36)20(31-26(38)39)13-32(5)12-16-6-7-16)23(35)29-18(11-17-8-9-27-22(17)34)21(33)25(37)28-15(3)4/h14-20,31H,6-13H2,1-5H3,(H,27,34)(H,28,37)(H,29,35)(H,30,36)(H,38,39)/t17-,18?,19?,20?/m0/s1. The third-order valence-electron chi connectivity index (χ3n) is 6.67. The summed E-state index contributed by atoms with van der Waals surface area (Å²) in [6.45, 7) is 8.39. The molecule has 220 valence electrons. The van der Waals surface area contributed by atoms with E-state index in [9.17, 15) is 33.9 Å². The fourth-order valence-electron chi connectivity index (χ4n) is 4.60. The molecule has 1 aliphatic carbocycles. The molecule has 13 heteroatoms. The number of hydrogen-bond donors (Lipinski definition) is 6. The van der Waals surface area contributed by atoms with Gasteiger partial charge in [0.05, 0.1) is 6.04 Å². The molecule has 0 aromatic rings. The number of rotatable bonds is 16. The van der Waals surface area contributed by atoms with Crippen molar-refractivity contribution in [1.29, 1.82) is 0 Å². The first kappa shape index (κ1) is 32.0. The topological polar surface area (TPSA) is 186 Å². The number of carbonyl (C=O) groups is 6. The number of carbonyl (C=O) groups excluding carboxylic acids is 5. The first-order chi connectivity index (χ1) is 18.3. The number of ketones is 1. The van der Waals surface area contributed by atoms with Gasteiger partial charge in [0, 0.05) is 31.6 Å². The number of hydrogen-bond acceptors (Lipinski definition) is 7. The van der Waals surface area contributed by atoms with Crippen LogP contribution >= 0.6 is 0 Å². The van der Waals surface area contributed by atoms with Crippen molar-refractivity contribution in [2.45, 2.75) is 84.0 Å². The Morgan fingerprint density at radius 3 is 2.05 bits per heavy atom. The Kier molecular flexibility index (Phi) is 12.1. The van der Waals surface area contributed by atoms with Gasteiger partial charge in [-0.1, -0.05) is 13.8 Å². The maximum absolute atomic E-state index is 13.4. The molecule has 0 aromatic carbocycles. The Bertz CT molecular complexity index is 920. The molecule has 1 saturated heterocycles. The zero-order valence-electron chi connectivity index (χ0n) is 23.5. The van der Waals surface area contributed by atoms with Crippen LogP contribution in [0.25, 0.3) is 0 Å². The summed E-state index contributed by atoms with van der Waals surface area (Å²) in [6, 6.07) is -3.79. The largest absolute Gasteiger partial charge is 0.465 e. The molecule has 1 saturated carbocycles. The molecule has 2 fully saturated rings. The van der Waals surface area contributed by atoms with Crippen LogP contribution in [0.15, 0.2) is 0 Å². The van der Waals surface area contributed by atoms with Gasteiger partial charge < -0.3 is 36.6 Å². The summed E-state index contributed by atoms with van der Waals surface area (Å²) < 4.78 is 0. The molecule has 0 spiro atoms. The highest BCUT2D eigenvalue weighted by Crippen LogP contribution is 2.29. The van der Waals surface area contributed by atoms with Crippen molar-refractivity contribution in [1.82, 2.24) is 31.5 Å². The van der Waals surface area contributed by atoms with E-state index in [4.69, 9.17) is 0 Å². The van der Waals surface area contributed by atoms with E-state index in [0.29, 0.717) is 18.9 Å². The van der Waals surface area contributed by atoms with Crippen molar-refractivity contribution in [2.75, 3.05) is 26.7 Å². The molecule has 6 N–H and O–H groups in total. The van der Waals surface area contributed by atoms with Crippen molar-refractivity contribution < 1.29 is 33.9 Å². The number of carboxylic acid groups (broad SMARTS) is 1. The zero-order valence-corrected chi connectivity index (χ0v) is 23.5. The van der Waals surface area contributed by atoms with Crippen LogP contribution in [0, 0.1) is 17.8 Å². The van der Waals surface area contributed by atoms with E-state index in [1.54, 1.807) is 20.9 Å². The monoisotopic (exact) mass is 552 g/mol. The molecule has 4 atom stereocenters. The molecular formula is C26H44N6O7.